The third-order valence-electron chi connectivity index (χ3n) is 8.50. The molecule has 1 amide bonds. The molecule has 40 heavy (non-hydrogen) atoms. The van der Waals surface area contributed by atoms with Gasteiger partial charge in [0.15, 0.2) is 0 Å². The summed E-state index contributed by atoms with van der Waals surface area (Å²) in [6.07, 6.45) is 5.00. The van der Waals surface area contributed by atoms with Crippen LogP contribution in [-0.4, -0.2) is 52.7 Å². The van der Waals surface area contributed by atoms with E-state index in [9.17, 15) is 4.79 Å². The Hall–Kier alpha value is -2.12. The summed E-state index contributed by atoms with van der Waals surface area (Å²) < 4.78 is -0.217. The summed E-state index contributed by atoms with van der Waals surface area (Å²) in [5.74, 6) is 0.104. The first-order valence-electron chi connectivity index (χ1n) is 14.2. The lowest BCUT2D eigenvalue weighted by atomic mass is 9.73. The Kier molecular flexibility index (Phi) is 8.15. The highest BCUT2D eigenvalue weighted by Gasteiger charge is 2.48. The van der Waals surface area contributed by atoms with Crippen LogP contribution in [-0.2, 0) is 16.8 Å². The highest BCUT2D eigenvalue weighted by Crippen LogP contribution is 2.51. The maximum atomic E-state index is 14.1. The van der Waals surface area contributed by atoms with Crippen molar-refractivity contribution >= 4 is 44.5 Å². The molecule has 1 aliphatic heterocycles. The molecule has 208 valence electrons. The second-order valence-electron chi connectivity index (χ2n) is 11.4. The molecule has 5 nitrogen and oxygen atoms in total. The molecule has 3 N–H and O–H groups in total. The Bertz CT molecular complexity index is 1460. The minimum atomic E-state index is -0.656. The Morgan fingerprint density at radius 3 is 2.27 bits per heavy atom. The molecule has 1 saturated heterocycles. The number of aromatic nitrogens is 1. The number of hydrogen-bond donors (Lipinski definition) is 3. The molecule has 1 fully saturated rings. The number of amides is 1. The molecule has 8 heteroatoms. The summed E-state index contributed by atoms with van der Waals surface area (Å²) in [5.41, 5.74) is 6.53. The van der Waals surface area contributed by atoms with Gasteiger partial charge in [0, 0.05) is 54.0 Å². The van der Waals surface area contributed by atoms with Crippen LogP contribution in [0.1, 0.15) is 36.0 Å². The summed E-state index contributed by atoms with van der Waals surface area (Å²) in [6, 6.07) is 26.0. The van der Waals surface area contributed by atoms with Crippen molar-refractivity contribution in [2.24, 2.45) is 0 Å². The number of nitrogens with zero attached hydrogens (tertiary/aromatic N) is 1. The number of hydrogen-bond acceptors (Lipinski definition) is 3. The number of likely N-dealkylation sites (tertiary alicyclic amines) is 1. The van der Waals surface area contributed by atoms with Crippen molar-refractivity contribution in [1.82, 2.24) is 20.5 Å². The van der Waals surface area contributed by atoms with E-state index in [-0.39, 0.29) is 10.5 Å². The first kappa shape index (κ1) is 28.0. The number of H-pyrrole nitrogens is 1. The van der Waals surface area contributed by atoms with Gasteiger partial charge in [0.1, 0.15) is 5.41 Å². The lowest BCUT2D eigenvalue weighted by Gasteiger charge is -2.40. The van der Waals surface area contributed by atoms with Gasteiger partial charge in [-0.3, -0.25) is 4.79 Å². The van der Waals surface area contributed by atoms with E-state index < -0.39 is 5.41 Å². The van der Waals surface area contributed by atoms with E-state index in [1.807, 2.05) is 0 Å². The number of carbonyl (C=O) groups excluding carboxylic acids is 1. The van der Waals surface area contributed by atoms with E-state index in [4.69, 9.17) is 0 Å². The van der Waals surface area contributed by atoms with Crippen LogP contribution >= 0.6 is 27.7 Å². The number of benzene rings is 3. The highest BCUT2D eigenvalue weighted by molar-refractivity contribution is 7.57. The minimum absolute atomic E-state index is 0.104. The molecular formula is C32H39N4OP3. The van der Waals surface area contributed by atoms with Crippen molar-refractivity contribution in [1.29, 1.82) is 0 Å². The van der Waals surface area contributed by atoms with Crippen LogP contribution in [0.3, 0.4) is 0 Å². The average Bonchev–Trinajstić information content (AvgIpc) is 3.47. The van der Waals surface area contributed by atoms with Gasteiger partial charge in [0.05, 0.1) is 0 Å². The second-order valence-corrected chi connectivity index (χ2v) is 16.7. The Morgan fingerprint density at radius 1 is 0.925 bits per heavy atom. The molecular weight excluding hydrogens is 549 g/mol. The zero-order chi connectivity index (χ0) is 27.7. The highest BCUT2D eigenvalue weighted by atomic mass is 31.1. The number of para-hydroxylation sites is 1. The van der Waals surface area contributed by atoms with Crippen LogP contribution in [0.2, 0.25) is 0 Å². The fourth-order valence-electron chi connectivity index (χ4n) is 6.48. The smallest absolute Gasteiger partial charge is 0.235 e. The molecule has 1 aliphatic carbocycles. The van der Waals surface area contributed by atoms with E-state index in [2.05, 4.69) is 127 Å². The van der Waals surface area contributed by atoms with E-state index in [1.165, 1.54) is 27.6 Å². The predicted octanol–water partition coefficient (Wildman–Crippen LogP) is 5.47. The van der Waals surface area contributed by atoms with Gasteiger partial charge >= 0.3 is 0 Å². The molecule has 3 aromatic carbocycles. The summed E-state index contributed by atoms with van der Waals surface area (Å²) in [4.78, 5) is 20.0. The van der Waals surface area contributed by atoms with Crippen LogP contribution in [0.5, 0.6) is 0 Å². The van der Waals surface area contributed by atoms with Gasteiger partial charge in [-0.1, -0.05) is 73.2 Å². The summed E-state index contributed by atoms with van der Waals surface area (Å²) in [7, 11) is 8.33. The maximum absolute atomic E-state index is 14.1. The van der Waals surface area contributed by atoms with Crippen molar-refractivity contribution in [2.75, 3.05) is 26.2 Å². The molecule has 3 unspecified atom stereocenters. The number of unbranched alkanes of at least 4 members (excludes halogenated alkanes) is 1. The Balaban J connectivity index is 1.07. The zero-order valence-electron chi connectivity index (χ0n) is 22.8. The summed E-state index contributed by atoms with van der Waals surface area (Å²) >= 11 is 0. The van der Waals surface area contributed by atoms with Crippen molar-refractivity contribution in [3.05, 3.63) is 95.7 Å². The summed E-state index contributed by atoms with van der Waals surface area (Å²) in [5, 5.41) is 8.31. The topological polar surface area (TPSA) is 60.2 Å². The molecule has 0 bridgehead atoms. The second kappa shape index (κ2) is 11.6. The van der Waals surface area contributed by atoms with Crippen LogP contribution in [0.15, 0.2) is 79.0 Å². The molecule has 0 radical (unpaired) electrons. The van der Waals surface area contributed by atoms with Gasteiger partial charge in [-0.25, -0.2) is 0 Å². The van der Waals surface area contributed by atoms with E-state index in [1.54, 1.807) is 0 Å². The van der Waals surface area contributed by atoms with Crippen LogP contribution in [0.25, 0.3) is 22.0 Å². The summed E-state index contributed by atoms with van der Waals surface area (Å²) in [6.45, 7) is 4.68. The van der Waals surface area contributed by atoms with Gasteiger partial charge < -0.3 is 20.5 Å². The zero-order valence-corrected chi connectivity index (χ0v) is 26.3. The molecule has 3 atom stereocenters. The van der Waals surface area contributed by atoms with E-state index >= 15 is 0 Å². The van der Waals surface area contributed by atoms with Crippen molar-refractivity contribution in [2.45, 2.75) is 41.9 Å². The fourth-order valence-corrected chi connectivity index (χ4v) is 6.78. The van der Waals surface area contributed by atoms with E-state index in [0.717, 1.165) is 56.6 Å². The van der Waals surface area contributed by atoms with Gasteiger partial charge in [-0.05, 0) is 53.3 Å². The molecule has 0 spiro atoms. The largest absolute Gasteiger partial charge is 0.361 e. The number of nitrogens with one attached hydrogen (secondary N) is 3. The van der Waals surface area contributed by atoms with Crippen LogP contribution in [0, 0.1) is 0 Å². The van der Waals surface area contributed by atoms with E-state index in [0.29, 0.717) is 12.6 Å². The monoisotopic (exact) mass is 588 g/mol. The van der Waals surface area contributed by atoms with Gasteiger partial charge in [0.2, 0.25) is 5.91 Å². The van der Waals surface area contributed by atoms with Gasteiger partial charge in [-0.15, -0.1) is 27.7 Å². The maximum Gasteiger partial charge on any atom is 0.235 e. The third kappa shape index (κ3) is 5.53. The number of carbonyl (C=O) groups is 1. The molecule has 2 heterocycles. The molecule has 0 saturated carbocycles. The van der Waals surface area contributed by atoms with Crippen LogP contribution in [0.4, 0.5) is 0 Å². The first-order chi connectivity index (χ1) is 19.3. The lowest BCUT2D eigenvalue weighted by Crippen LogP contribution is -2.57. The van der Waals surface area contributed by atoms with Crippen molar-refractivity contribution in [3.63, 3.8) is 0 Å². The lowest BCUT2D eigenvalue weighted by molar-refractivity contribution is -0.125. The van der Waals surface area contributed by atoms with Crippen molar-refractivity contribution < 1.29 is 4.79 Å². The normalized spacial score (nSPS) is 16.5. The van der Waals surface area contributed by atoms with Gasteiger partial charge in [-0.2, -0.15) is 0 Å². The SMILES string of the molecule is O=C(NCC(P)(P)P)C1(CCCCN2CC(NCc3c[nH]c4ccccc34)C2)c2ccccc2-c2ccccc21. The first-order valence-corrected chi connectivity index (χ1v) is 15.9. The molecule has 1 aromatic heterocycles. The van der Waals surface area contributed by atoms with Crippen molar-refractivity contribution in [3.8, 4) is 11.1 Å². The molecule has 2 aliphatic rings. The predicted molar refractivity (Wildman–Crippen MR) is 177 cm³/mol. The fraction of sp³-hybridized carbons (Fsp3) is 0.344. The molecule has 6 rings (SSSR count). The van der Waals surface area contributed by atoms with Gasteiger partial charge in [0.25, 0.3) is 0 Å². The molecule has 4 aromatic rings. The third-order valence-corrected chi connectivity index (χ3v) is 9.11. The average molecular weight is 589 g/mol. The number of fused-ring (bicyclic) bond motifs is 4. The van der Waals surface area contributed by atoms with Crippen LogP contribution < -0.4 is 10.6 Å². The Morgan fingerprint density at radius 2 is 1.57 bits per heavy atom. The standard InChI is InChI=1S/C32H39N4OP3/c37-30(35-21-32(38,39)40)31(27-12-4-1-10-25(27)26-11-2-5-13-28(26)31)15-7-8-16-36-19-23(20-36)33-17-22-18-34-29-14-6-3-9-24(22)29/h1-6,9-14,18,23,33-34H,7-8,15-17,19-21,38-40H2,(H,35,37). The minimum Gasteiger partial charge on any atom is -0.361 e. The number of aromatic amines is 1. The Labute approximate surface area is 244 Å². The number of rotatable bonds is 11. The quantitative estimate of drug-likeness (QED) is 0.161.